The van der Waals surface area contributed by atoms with Crippen LogP contribution in [-0.4, -0.2) is 21.8 Å². The van der Waals surface area contributed by atoms with Crippen LogP contribution in [0.15, 0.2) is 95.7 Å². The number of aromatic nitrogens is 2. The number of nitrogens with one attached hydrogen (secondary N) is 1. The topological polar surface area (TPSA) is 42.3 Å². The van der Waals surface area contributed by atoms with E-state index >= 15 is 0 Å². The van der Waals surface area contributed by atoms with Gasteiger partial charge in [0.05, 0.1) is 18.8 Å². The third kappa shape index (κ3) is 3.78. The Kier molecular flexibility index (Phi) is 5.68. The van der Waals surface area contributed by atoms with E-state index in [1.54, 1.807) is 7.11 Å². The molecule has 1 aliphatic rings. The molecule has 1 N–H and O–H groups in total. The van der Waals surface area contributed by atoms with E-state index in [9.17, 15) is 0 Å². The van der Waals surface area contributed by atoms with Gasteiger partial charge in [-0.3, -0.25) is 4.98 Å². The highest BCUT2D eigenvalue weighted by Gasteiger charge is 2.42. The smallest absolute Gasteiger partial charge is 0.174 e. The summed E-state index contributed by atoms with van der Waals surface area (Å²) in [4.78, 5) is 6.80. The first-order valence-electron chi connectivity index (χ1n) is 10.2. The van der Waals surface area contributed by atoms with E-state index in [0.717, 1.165) is 33.0 Å². The molecule has 2 aromatic carbocycles. The Morgan fingerprint density at radius 2 is 1.81 bits per heavy atom. The maximum absolute atomic E-state index is 5.84. The summed E-state index contributed by atoms with van der Waals surface area (Å²) < 4.78 is 8.71. The van der Waals surface area contributed by atoms with Crippen LogP contribution in [-0.2, 0) is 0 Å². The summed E-state index contributed by atoms with van der Waals surface area (Å²) in [5, 5.41) is 4.17. The van der Waals surface area contributed by atoms with Gasteiger partial charge < -0.3 is 19.5 Å². The van der Waals surface area contributed by atoms with Gasteiger partial charge in [0.1, 0.15) is 11.8 Å². The Morgan fingerprint density at radius 1 is 0.969 bits per heavy atom. The molecule has 0 amide bonds. The molecule has 2 atom stereocenters. The second-order valence-electron chi connectivity index (χ2n) is 7.48. The molecule has 1 aliphatic heterocycles. The molecular weight excluding hydrogens is 484 g/mol. The molecule has 0 radical (unpaired) electrons. The van der Waals surface area contributed by atoms with Crippen molar-refractivity contribution in [2.24, 2.45) is 0 Å². The zero-order valence-electron chi connectivity index (χ0n) is 17.4. The van der Waals surface area contributed by atoms with Crippen LogP contribution in [0.1, 0.15) is 23.5 Å². The summed E-state index contributed by atoms with van der Waals surface area (Å²) in [5.41, 5.74) is 4.08. The fourth-order valence-corrected chi connectivity index (χ4v) is 4.92. The van der Waals surface area contributed by atoms with Crippen LogP contribution in [0.3, 0.4) is 0 Å². The molecule has 32 heavy (non-hydrogen) atoms. The first-order valence-corrected chi connectivity index (χ1v) is 11.4. The van der Waals surface area contributed by atoms with Gasteiger partial charge in [0.2, 0.25) is 0 Å². The van der Waals surface area contributed by atoms with Crippen LogP contribution >= 0.6 is 28.1 Å². The van der Waals surface area contributed by atoms with Gasteiger partial charge in [-0.15, -0.1) is 0 Å². The lowest BCUT2D eigenvalue weighted by Gasteiger charge is -2.29. The van der Waals surface area contributed by atoms with Crippen molar-refractivity contribution in [3.63, 3.8) is 0 Å². The summed E-state index contributed by atoms with van der Waals surface area (Å²) in [6, 6.07) is 26.2. The van der Waals surface area contributed by atoms with Crippen LogP contribution in [0.4, 0.5) is 5.69 Å². The monoisotopic (exact) mass is 504 g/mol. The normalized spacial score (nSPS) is 17.9. The highest BCUT2D eigenvalue weighted by molar-refractivity contribution is 9.10. The maximum Gasteiger partial charge on any atom is 0.174 e. The van der Waals surface area contributed by atoms with Crippen LogP contribution in [0.25, 0.3) is 5.69 Å². The molecule has 0 bridgehead atoms. The number of thiocarbonyl (C=S) groups is 1. The molecule has 0 aliphatic carbocycles. The third-order valence-electron chi connectivity index (χ3n) is 5.60. The lowest BCUT2D eigenvalue weighted by atomic mass is 10.0. The SMILES string of the molecule is COc1cccc(N2C(=S)N[C@@H](c3ccccn3)[C@@H]2c2cccn2-c2cccc(Br)c2)c1. The minimum absolute atomic E-state index is 0.113. The lowest BCUT2D eigenvalue weighted by molar-refractivity contribution is 0.414. The van der Waals surface area contributed by atoms with Gasteiger partial charge in [-0.05, 0) is 66.8 Å². The number of nitrogens with zero attached hydrogens (tertiary/aromatic N) is 3. The summed E-state index contributed by atoms with van der Waals surface area (Å²) in [5.74, 6) is 0.785. The van der Waals surface area contributed by atoms with Gasteiger partial charge in [0.15, 0.2) is 5.11 Å². The van der Waals surface area contributed by atoms with Gasteiger partial charge in [-0.1, -0.05) is 34.1 Å². The van der Waals surface area contributed by atoms with Gasteiger partial charge in [0, 0.05) is 40.0 Å². The molecule has 1 fully saturated rings. The number of rotatable bonds is 5. The second kappa shape index (κ2) is 8.76. The second-order valence-corrected chi connectivity index (χ2v) is 8.78. The molecule has 0 spiro atoms. The zero-order chi connectivity index (χ0) is 22.1. The maximum atomic E-state index is 5.84. The largest absolute Gasteiger partial charge is 0.497 e. The van der Waals surface area contributed by atoms with Crippen LogP contribution in [0.5, 0.6) is 5.75 Å². The van der Waals surface area contributed by atoms with Crippen molar-refractivity contribution >= 4 is 38.9 Å². The number of hydrogen-bond acceptors (Lipinski definition) is 3. The number of hydrogen-bond donors (Lipinski definition) is 1. The van der Waals surface area contributed by atoms with E-state index in [2.05, 4.69) is 72.2 Å². The Labute approximate surface area is 200 Å². The fraction of sp³-hybridized carbons (Fsp3) is 0.120. The Hall–Kier alpha value is -3.16. The van der Waals surface area contributed by atoms with Crippen molar-refractivity contribution < 1.29 is 4.74 Å². The Morgan fingerprint density at radius 3 is 2.59 bits per heavy atom. The van der Waals surface area contributed by atoms with Gasteiger partial charge in [0.25, 0.3) is 0 Å². The number of halogens is 1. The van der Waals surface area contributed by atoms with Gasteiger partial charge in [-0.2, -0.15) is 0 Å². The van der Waals surface area contributed by atoms with E-state index in [-0.39, 0.29) is 12.1 Å². The first kappa shape index (κ1) is 20.7. The molecular formula is C25H21BrN4OS. The molecule has 7 heteroatoms. The van der Waals surface area contributed by atoms with Gasteiger partial charge >= 0.3 is 0 Å². The number of ether oxygens (including phenoxy) is 1. The average molecular weight is 505 g/mol. The molecule has 0 unspecified atom stereocenters. The highest BCUT2D eigenvalue weighted by Crippen LogP contribution is 2.42. The predicted octanol–water partition coefficient (Wildman–Crippen LogP) is 5.82. The zero-order valence-corrected chi connectivity index (χ0v) is 19.8. The number of methoxy groups -OCH3 is 1. The first-order chi connectivity index (χ1) is 15.7. The molecule has 2 aromatic heterocycles. The van der Waals surface area contributed by atoms with Crippen molar-refractivity contribution in [3.8, 4) is 11.4 Å². The molecule has 3 heterocycles. The number of anilines is 1. The quantitative estimate of drug-likeness (QED) is 0.346. The lowest BCUT2D eigenvalue weighted by Crippen LogP contribution is -2.30. The molecule has 0 saturated carbocycles. The van der Waals surface area contributed by atoms with E-state index in [1.807, 2.05) is 54.7 Å². The van der Waals surface area contributed by atoms with Crippen molar-refractivity contribution in [2.75, 3.05) is 12.0 Å². The standard InChI is InChI=1S/C25H21BrN4OS/c1-31-20-10-5-9-19(16-20)30-24(23(28-25(30)32)21-11-2-3-13-27-21)22-12-6-14-29(22)18-8-4-7-17(26)15-18/h2-16,23-24H,1H3,(H,28,32)/t23-,24-/m0/s1. The van der Waals surface area contributed by atoms with Gasteiger partial charge in [-0.25, -0.2) is 0 Å². The summed E-state index contributed by atoms with van der Waals surface area (Å²) in [7, 11) is 1.67. The third-order valence-corrected chi connectivity index (χ3v) is 6.41. The average Bonchev–Trinajstić information content (AvgIpc) is 3.44. The summed E-state index contributed by atoms with van der Waals surface area (Å²) >= 11 is 9.44. The summed E-state index contributed by atoms with van der Waals surface area (Å²) in [6.07, 6.45) is 3.90. The van der Waals surface area contributed by atoms with Crippen molar-refractivity contribution in [3.05, 3.63) is 107 Å². The van der Waals surface area contributed by atoms with E-state index in [0.29, 0.717) is 5.11 Å². The van der Waals surface area contributed by atoms with Crippen LogP contribution in [0, 0.1) is 0 Å². The molecule has 5 rings (SSSR count). The summed E-state index contributed by atoms with van der Waals surface area (Å²) in [6.45, 7) is 0. The molecule has 160 valence electrons. The van der Waals surface area contributed by atoms with E-state index in [4.69, 9.17) is 17.0 Å². The van der Waals surface area contributed by atoms with Crippen molar-refractivity contribution in [2.45, 2.75) is 12.1 Å². The number of benzene rings is 2. The minimum Gasteiger partial charge on any atom is -0.497 e. The van der Waals surface area contributed by atoms with Crippen molar-refractivity contribution in [1.82, 2.24) is 14.9 Å². The van der Waals surface area contributed by atoms with Crippen LogP contribution < -0.4 is 15.0 Å². The highest BCUT2D eigenvalue weighted by atomic mass is 79.9. The Bertz CT molecular complexity index is 1260. The van der Waals surface area contributed by atoms with E-state index < -0.39 is 0 Å². The molecule has 1 saturated heterocycles. The van der Waals surface area contributed by atoms with E-state index in [1.165, 1.54) is 0 Å². The number of pyridine rings is 1. The molecule has 4 aromatic rings. The molecule has 5 nitrogen and oxygen atoms in total. The predicted molar refractivity (Wildman–Crippen MR) is 134 cm³/mol. The Balaban J connectivity index is 1.67. The minimum atomic E-state index is -0.115. The van der Waals surface area contributed by atoms with Crippen molar-refractivity contribution in [1.29, 1.82) is 0 Å². The van der Waals surface area contributed by atoms with Crippen LogP contribution in [0.2, 0.25) is 0 Å². The fourth-order valence-electron chi connectivity index (χ4n) is 4.19.